The van der Waals surface area contributed by atoms with Crippen LogP contribution in [-0.4, -0.2) is 16.1 Å². The van der Waals surface area contributed by atoms with E-state index in [1.807, 2.05) is 0 Å². The van der Waals surface area contributed by atoms with Crippen LogP contribution in [0.15, 0.2) is 84.9 Å². The maximum Gasteiger partial charge on any atom is 0.255 e. The van der Waals surface area contributed by atoms with Gasteiger partial charge in [-0.3, -0.25) is 4.79 Å². The number of aromatic nitrogens is 2. The van der Waals surface area contributed by atoms with E-state index >= 15 is 0 Å². The zero-order chi connectivity index (χ0) is 20.9. The van der Waals surface area contributed by atoms with E-state index in [2.05, 4.69) is 20.8 Å². The van der Waals surface area contributed by atoms with Crippen LogP contribution < -0.4 is 10.6 Å². The zero-order valence-corrected chi connectivity index (χ0v) is 15.6. The van der Waals surface area contributed by atoms with Crippen LogP contribution in [0.3, 0.4) is 0 Å². The summed E-state index contributed by atoms with van der Waals surface area (Å²) in [5, 5.41) is 14.1. The predicted molar refractivity (Wildman–Crippen MR) is 112 cm³/mol. The first-order valence-corrected chi connectivity index (χ1v) is 9.10. The molecule has 2 N–H and O–H groups in total. The van der Waals surface area contributed by atoms with Crippen molar-refractivity contribution < 1.29 is 13.6 Å². The Morgan fingerprint density at radius 3 is 1.87 bits per heavy atom. The molecule has 30 heavy (non-hydrogen) atoms. The van der Waals surface area contributed by atoms with Crippen LogP contribution in [-0.2, 0) is 0 Å². The van der Waals surface area contributed by atoms with Crippen molar-refractivity contribution in [3.63, 3.8) is 0 Å². The van der Waals surface area contributed by atoms with Gasteiger partial charge in [0.2, 0.25) is 0 Å². The average molecular weight is 402 g/mol. The number of hydrogen-bond acceptors (Lipinski definition) is 4. The largest absolute Gasteiger partial charge is 0.339 e. The Bertz CT molecular complexity index is 1140. The molecule has 0 fully saturated rings. The monoisotopic (exact) mass is 402 g/mol. The third-order valence-electron chi connectivity index (χ3n) is 4.33. The number of carbonyl (C=O) groups is 1. The van der Waals surface area contributed by atoms with Crippen LogP contribution in [0.5, 0.6) is 0 Å². The van der Waals surface area contributed by atoms with E-state index in [1.165, 1.54) is 36.4 Å². The lowest BCUT2D eigenvalue weighted by Crippen LogP contribution is -2.11. The molecule has 0 radical (unpaired) electrons. The summed E-state index contributed by atoms with van der Waals surface area (Å²) in [6, 6.07) is 22.0. The molecular formula is C23H16F2N4O. The van der Waals surface area contributed by atoms with Crippen molar-refractivity contribution in [3.05, 3.63) is 102 Å². The number of nitrogens with one attached hydrogen (secondary N) is 2. The smallest absolute Gasteiger partial charge is 0.255 e. The summed E-state index contributed by atoms with van der Waals surface area (Å²) in [7, 11) is 0. The van der Waals surface area contributed by atoms with Gasteiger partial charge in [-0.15, -0.1) is 10.2 Å². The summed E-state index contributed by atoms with van der Waals surface area (Å²) in [4.78, 5) is 12.3. The molecule has 0 aliphatic heterocycles. The number of carbonyl (C=O) groups excluding carboxylic acids is 1. The Balaban J connectivity index is 1.40. The number of hydrogen-bond donors (Lipinski definition) is 2. The van der Waals surface area contributed by atoms with Gasteiger partial charge in [0, 0.05) is 22.5 Å². The van der Waals surface area contributed by atoms with E-state index in [-0.39, 0.29) is 17.5 Å². The molecule has 148 valence electrons. The summed E-state index contributed by atoms with van der Waals surface area (Å²) in [5.41, 5.74) is 3.11. The third-order valence-corrected chi connectivity index (χ3v) is 4.33. The van der Waals surface area contributed by atoms with Gasteiger partial charge < -0.3 is 10.6 Å². The average Bonchev–Trinajstić information content (AvgIpc) is 2.77. The Kier molecular flexibility index (Phi) is 5.43. The van der Waals surface area contributed by atoms with Crippen molar-refractivity contribution in [3.8, 4) is 11.3 Å². The van der Waals surface area contributed by atoms with E-state index in [1.54, 1.807) is 48.5 Å². The molecule has 3 aromatic carbocycles. The Morgan fingerprint density at radius 1 is 0.667 bits per heavy atom. The molecule has 5 nitrogen and oxygen atoms in total. The van der Waals surface area contributed by atoms with E-state index in [0.29, 0.717) is 22.8 Å². The van der Waals surface area contributed by atoms with Crippen LogP contribution in [0.2, 0.25) is 0 Å². The number of halogens is 2. The first-order valence-electron chi connectivity index (χ1n) is 9.10. The quantitative estimate of drug-likeness (QED) is 0.468. The normalized spacial score (nSPS) is 10.5. The second-order valence-electron chi connectivity index (χ2n) is 6.47. The standard InChI is InChI=1S/C23H16F2N4O/c24-17-5-1-15(2-6-17)21-13-14-22(29-28-21)26-19-9-3-16(4-10-19)23(30)27-20-11-7-18(25)8-12-20/h1-14H,(H,26,29)(H,27,30). The molecule has 0 saturated carbocycles. The van der Waals surface area contributed by atoms with Gasteiger partial charge in [0.05, 0.1) is 5.69 Å². The lowest BCUT2D eigenvalue weighted by molar-refractivity contribution is 0.102. The minimum atomic E-state index is -0.364. The molecule has 1 aromatic heterocycles. The van der Waals surface area contributed by atoms with Crippen LogP contribution in [0.25, 0.3) is 11.3 Å². The zero-order valence-electron chi connectivity index (χ0n) is 15.6. The fourth-order valence-electron chi connectivity index (χ4n) is 2.76. The molecule has 0 atom stereocenters. The number of nitrogens with zero attached hydrogens (tertiary/aromatic N) is 2. The number of benzene rings is 3. The molecule has 7 heteroatoms. The summed E-state index contributed by atoms with van der Waals surface area (Å²) in [6.07, 6.45) is 0. The fraction of sp³-hybridized carbons (Fsp3) is 0. The van der Waals surface area contributed by atoms with Gasteiger partial charge >= 0.3 is 0 Å². The van der Waals surface area contributed by atoms with Crippen molar-refractivity contribution in [1.82, 2.24) is 10.2 Å². The molecule has 4 aromatic rings. The highest BCUT2D eigenvalue weighted by Crippen LogP contribution is 2.20. The molecule has 1 heterocycles. The van der Waals surface area contributed by atoms with E-state index in [4.69, 9.17) is 0 Å². The minimum absolute atomic E-state index is 0.295. The van der Waals surface area contributed by atoms with E-state index in [9.17, 15) is 13.6 Å². The van der Waals surface area contributed by atoms with Crippen molar-refractivity contribution in [2.75, 3.05) is 10.6 Å². The highest BCUT2D eigenvalue weighted by molar-refractivity contribution is 6.04. The second kappa shape index (κ2) is 8.48. The molecule has 4 rings (SSSR count). The third kappa shape index (κ3) is 4.64. The molecule has 1 amide bonds. The van der Waals surface area contributed by atoms with Crippen molar-refractivity contribution >= 4 is 23.1 Å². The van der Waals surface area contributed by atoms with Crippen LogP contribution in [0.1, 0.15) is 10.4 Å². The van der Waals surface area contributed by atoms with Gasteiger partial charge in [-0.2, -0.15) is 0 Å². The molecule has 0 aliphatic carbocycles. The number of rotatable bonds is 5. The van der Waals surface area contributed by atoms with Gasteiger partial charge in [-0.05, 0) is 84.9 Å². The molecule has 0 spiro atoms. The minimum Gasteiger partial charge on any atom is -0.339 e. The molecular weight excluding hydrogens is 386 g/mol. The summed E-state index contributed by atoms with van der Waals surface area (Å²) in [5.74, 6) is -0.432. The van der Waals surface area contributed by atoms with Crippen molar-refractivity contribution in [2.24, 2.45) is 0 Å². The van der Waals surface area contributed by atoms with E-state index < -0.39 is 0 Å². The maximum absolute atomic E-state index is 13.0. The first kappa shape index (κ1) is 19.2. The van der Waals surface area contributed by atoms with Crippen LogP contribution >= 0.6 is 0 Å². The molecule has 0 saturated heterocycles. The predicted octanol–water partition coefficient (Wildman–Crippen LogP) is 5.42. The Labute approximate surface area is 171 Å². The fourth-order valence-corrected chi connectivity index (χ4v) is 2.76. The lowest BCUT2D eigenvalue weighted by atomic mass is 10.1. The second-order valence-corrected chi connectivity index (χ2v) is 6.47. The number of amides is 1. The SMILES string of the molecule is O=C(Nc1ccc(F)cc1)c1ccc(Nc2ccc(-c3ccc(F)cc3)nn2)cc1. The van der Waals surface area contributed by atoms with Crippen LogP contribution in [0, 0.1) is 11.6 Å². The lowest BCUT2D eigenvalue weighted by Gasteiger charge is -2.08. The Hall–Kier alpha value is -4.13. The highest BCUT2D eigenvalue weighted by Gasteiger charge is 2.07. The van der Waals surface area contributed by atoms with Crippen molar-refractivity contribution in [1.29, 1.82) is 0 Å². The van der Waals surface area contributed by atoms with Gasteiger partial charge in [0.25, 0.3) is 5.91 Å². The Morgan fingerprint density at radius 2 is 1.27 bits per heavy atom. The van der Waals surface area contributed by atoms with Crippen molar-refractivity contribution in [2.45, 2.75) is 0 Å². The van der Waals surface area contributed by atoms with Gasteiger partial charge in [0.1, 0.15) is 11.6 Å². The number of anilines is 3. The van der Waals surface area contributed by atoms with Gasteiger partial charge in [-0.25, -0.2) is 8.78 Å². The summed E-state index contributed by atoms with van der Waals surface area (Å²) in [6.45, 7) is 0. The maximum atomic E-state index is 13.0. The highest BCUT2D eigenvalue weighted by atomic mass is 19.1. The summed E-state index contributed by atoms with van der Waals surface area (Å²) >= 11 is 0. The van der Waals surface area contributed by atoms with Gasteiger partial charge in [0.15, 0.2) is 5.82 Å². The van der Waals surface area contributed by atoms with Gasteiger partial charge in [-0.1, -0.05) is 0 Å². The van der Waals surface area contributed by atoms with Crippen LogP contribution in [0.4, 0.5) is 26.0 Å². The first-order chi connectivity index (χ1) is 14.6. The van der Waals surface area contributed by atoms with E-state index in [0.717, 1.165) is 11.3 Å². The topological polar surface area (TPSA) is 66.9 Å². The molecule has 0 unspecified atom stereocenters. The molecule has 0 aliphatic rings. The molecule has 0 bridgehead atoms. The summed E-state index contributed by atoms with van der Waals surface area (Å²) < 4.78 is 26.0.